The quantitative estimate of drug-likeness (QED) is 0.306. The minimum absolute atomic E-state index is 0.0813. The van der Waals surface area contributed by atoms with Gasteiger partial charge in [-0.1, -0.05) is 47.7 Å². The van der Waals surface area contributed by atoms with Crippen LogP contribution in [0.15, 0.2) is 72.8 Å². The fourth-order valence-electron chi connectivity index (χ4n) is 4.89. The van der Waals surface area contributed by atoms with Crippen molar-refractivity contribution in [3.63, 3.8) is 0 Å². The van der Waals surface area contributed by atoms with Gasteiger partial charge < -0.3 is 19.7 Å². The van der Waals surface area contributed by atoms with Gasteiger partial charge in [0.2, 0.25) is 11.8 Å². The second-order valence-corrected chi connectivity index (χ2v) is 9.63. The van der Waals surface area contributed by atoms with Crippen molar-refractivity contribution in [1.29, 1.82) is 0 Å². The monoisotopic (exact) mass is 545 g/mol. The molecule has 1 N–H and O–H groups in total. The molecule has 2 amide bonds. The number of nitrogens with zero attached hydrogens (tertiary/aromatic N) is 4. The highest BCUT2D eigenvalue weighted by Crippen LogP contribution is 2.27. The van der Waals surface area contributed by atoms with Crippen LogP contribution in [0.2, 0.25) is 0 Å². The summed E-state index contributed by atoms with van der Waals surface area (Å²) in [6, 6.07) is 19.5. The molecule has 208 valence electrons. The van der Waals surface area contributed by atoms with Crippen LogP contribution in [0.5, 0.6) is 5.75 Å². The molecule has 2 heterocycles. The molecule has 0 saturated carbocycles. The molecule has 4 aromatic rings. The molecular weight excluding hydrogens is 513 g/mol. The molecule has 0 radical (unpaired) electrons. The molecule has 0 aliphatic carbocycles. The molecule has 2 atom stereocenters. The van der Waals surface area contributed by atoms with Crippen LogP contribution in [-0.4, -0.2) is 57.6 Å². The third-order valence-electron chi connectivity index (χ3n) is 6.92. The first kappa shape index (κ1) is 27.3. The zero-order chi connectivity index (χ0) is 27.9. The fraction of sp³-hybridized carbons (Fsp3) is 0.333. The minimum Gasteiger partial charge on any atom is -0.494 e. The standard InChI is InChI=1S/C30H32FN5O4/c1-2-39-23-15-13-21(14-16-23)29(30(38)32-18-24-9-7-17-40-24)35(19-22-8-3-4-10-25(22)31)28(37)20-36-27-12-6-5-11-26(27)33-34-36/h3-6,8,10-16,24,29H,2,7,9,17-20H2,1H3,(H,32,38)/t24-,29-/m1/s1. The molecule has 1 aromatic heterocycles. The Morgan fingerprint density at radius 3 is 2.65 bits per heavy atom. The molecular formula is C30H32FN5O4. The van der Waals surface area contributed by atoms with Crippen molar-refractivity contribution in [1.82, 2.24) is 25.2 Å². The Hall–Kier alpha value is -4.31. The number of hydrogen-bond donors (Lipinski definition) is 1. The largest absolute Gasteiger partial charge is 0.494 e. The number of amides is 2. The lowest BCUT2D eigenvalue weighted by atomic mass is 10.0. The maximum atomic E-state index is 14.9. The molecule has 1 saturated heterocycles. The van der Waals surface area contributed by atoms with Gasteiger partial charge in [-0.3, -0.25) is 9.59 Å². The van der Waals surface area contributed by atoms with Gasteiger partial charge in [0.15, 0.2) is 0 Å². The summed E-state index contributed by atoms with van der Waals surface area (Å²) in [5.41, 5.74) is 2.19. The Labute approximate surface area is 231 Å². The van der Waals surface area contributed by atoms with Gasteiger partial charge in [-0.25, -0.2) is 9.07 Å². The van der Waals surface area contributed by atoms with Gasteiger partial charge >= 0.3 is 0 Å². The van der Waals surface area contributed by atoms with E-state index >= 15 is 0 Å². The van der Waals surface area contributed by atoms with E-state index in [0.29, 0.717) is 47.7 Å². The van der Waals surface area contributed by atoms with Crippen LogP contribution in [0.4, 0.5) is 4.39 Å². The number of nitrogens with one attached hydrogen (secondary N) is 1. The predicted molar refractivity (Wildman–Crippen MR) is 147 cm³/mol. The van der Waals surface area contributed by atoms with Gasteiger partial charge in [0.25, 0.3) is 0 Å². The summed E-state index contributed by atoms with van der Waals surface area (Å²) in [5.74, 6) is -0.611. The first-order chi connectivity index (χ1) is 19.5. The van der Waals surface area contributed by atoms with Crippen molar-refractivity contribution < 1.29 is 23.5 Å². The number of benzene rings is 3. The summed E-state index contributed by atoms with van der Waals surface area (Å²) in [4.78, 5) is 29.2. The highest BCUT2D eigenvalue weighted by atomic mass is 19.1. The van der Waals surface area contributed by atoms with Crippen molar-refractivity contribution in [3.8, 4) is 5.75 Å². The SMILES string of the molecule is CCOc1ccc([C@H](C(=O)NC[C@H]2CCCO2)N(Cc2ccccc2F)C(=O)Cn2nnc3ccccc32)cc1. The molecule has 5 rings (SSSR count). The Bertz CT molecular complexity index is 1450. The van der Waals surface area contributed by atoms with Gasteiger partial charge in [-0.05, 0) is 55.7 Å². The van der Waals surface area contributed by atoms with Crippen LogP contribution >= 0.6 is 0 Å². The number of aromatic nitrogens is 3. The summed E-state index contributed by atoms with van der Waals surface area (Å²) in [5, 5.41) is 11.3. The number of rotatable bonds is 11. The van der Waals surface area contributed by atoms with Crippen LogP contribution in [0.3, 0.4) is 0 Å². The van der Waals surface area contributed by atoms with E-state index in [0.717, 1.165) is 12.8 Å². The number of para-hydroxylation sites is 1. The molecule has 1 aliphatic heterocycles. The summed E-state index contributed by atoms with van der Waals surface area (Å²) in [6.07, 6.45) is 1.71. The van der Waals surface area contributed by atoms with Crippen LogP contribution in [-0.2, 0) is 27.4 Å². The van der Waals surface area contributed by atoms with Gasteiger partial charge in [0.05, 0.1) is 18.2 Å². The van der Waals surface area contributed by atoms with Gasteiger partial charge in [-0.15, -0.1) is 5.10 Å². The van der Waals surface area contributed by atoms with E-state index in [9.17, 15) is 14.0 Å². The Morgan fingerprint density at radius 2 is 1.90 bits per heavy atom. The van der Waals surface area contributed by atoms with E-state index in [2.05, 4.69) is 15.6 Å². The molecule has 1 aliphatic rings. The van der Waals surface area contributed by atoms with Crippen LogP contribution in [0.1, 0.15) is 36.9 Å². The number of halogens is 1. The maximum absolute atomic E-state index is 14.9. The summed E-state index contributed by atoms with van der Waals surface area (Å²) >= 11 is 0. The molecule has 40 heavy (non-hydrogen) atoms. The zero-order valence-corrected chi connectivity index (χ0v) is 22.3. The number of carbonyl (C=O) groups is 2. The smallest absolute Gasteiger partial charge is 0.247 e. The first-order valence-corrected chi connectivity index (χ1v) is 13.5. The Morgan fingerprint density at radius 1 is 1.12 bits per heavy atom. The molecule has 0 spiro atoms. The minimum atomic E-state index is -1.04. The lowest BCUT2D eigenvalue weighted by Gasteiger charge is -2.32. The number of fused-ring (bicyclic) bond motifs is 1. The fourth-order valence-corrected chi connectivity index (χ4v) is 4.89. The summed E-state index contributed by atoms with van der Waals surface area (Å²) < 4.78 is 27.6. The maximum Gasteiger partial charge on any atom is 0.247 e. The van der Waals surface area contributed by atoms with Crippen LogP contribution < -0.4 is 10.1 Å². The second-order valence-electron chi connectivity index (χ2n) is 9.63. The van der Waals surface area contributed by atoms with E-state index in [1.165, 1.54) is 15.6 Å². The molecule has 0 unspecified atom stereocenters. The van der Waals surface area contributed by atoms with E-state index < -0.39 is 17.8 Å². The number of hydrogen-bond acceptors (Lipinski definition) is 6. The van der Waals surface area contributed by atoms with Crippen LogP contribution in [0.25, 0.3) is 11.0 Å². The Kier molecular flexibility index (Phi) is 8.65. The number of carbonyl (C=O) groups excluding carboxylic acids is 2. The average molecular weight is 546 g/mol. The van der Waals surface area contributed by atoms with Gasteiger partial charge in [0.1, 0.15) is 29.7 Å². The topological polar surface area (TPSA) is 98.6 Å². The van der Waals surface area contributed by atoms with Crippen LogP contribution in [0, 0.1) is 5.82 Å². The zero-order valence-electron chi connectivity index (χ0n) is 22.3. The Balaban J connectivity index is 1.51. The van der Waals surface area contributed by atoms with E-state index in [1.54, 1.807) is 42.5 Å². The summed E-state index contributed by atoms with van der Waals surface area (Å²) in [7, 11) is 0. The molecule has 9 nitrogen and oxygen atoms in total. The van der Waals surface area contributed by atoms with Gasteiger partial charge in [0, 0.05) is 25.3 Å². The lowest BCUT2D eigenvalue weighted by molar-refractivity contribution is -0.142. The third-order valence-corrected chi connectivity index (χ3v) is 6.92. The van der Waals surface area contributed by atoms with Crippen molar-refractivity contribution in [2.75, 3.05) is 19.8 Å². The van der Waals surface area contributed by atoms with Gasteiger partial charge in [-0.2, -0.15) is 0 Å². The normalized spacial score (nSPS) is 15.6. The molecule has 3 aromatic carbocycles. The third kappa shape index (κ3) is 6.28. The number of ether oxygens (including phenoxy) is 2. The molecule has 1 fully saturated rings. The predicted octanol–water partition coefficient (Wildman–Crippen LogP) is 4.03. The van der Waals surface area contributed by atoms with E-state index in [-0.39, 0.29) is 25.1 Å². The lowest BCUT2D eigenvalue weighted by Crippen LogP contribution is -2.46. The average Bonchev–Trinajstić information content (AvgIpc) is 3.64. The van der Waals surface area contributed by atoms with E-state index in [1.807, 2.05) is 31.2 Å². The van der Waals surface area contributed by atoms with E-state index in [4.69, 9.17) is 9.47 Å². The van der Waals surface area contributed by atoms with Crippen molar-refractivity contribution in [2.45, 2.75) is 45.0 Å². The summed E-state index contributed by atoms with van der Waals surface area (Å²) in [6.45, 7) is 3.06. The first-order valence-electron chi connectivity index (χ1n) is 13.5. The molecule has 0 bridgehead atoms. The van der Waals surface area contributed by atoms with Crippen molar-refractivity contribution in [3.05, 3.63) is 89.7 Å². The molecule has 10 heteroatoms. The highest BCUT2D eigenvalue weighted by Gasteiger charge is 2.33. The van der Waals surface area contributed by atoms with Crippen molar-refractivity contribution in [2.24, 2.45) is 0 Å². The highest BCUT2D eigenvalue weighted by molar-refractivity contribution is 5.89. The van der Waals surface area contributed by atoms with Crippen molar-refractivity contribution >= 4 is 22.8 Å². The second kappa shape index (κ2) is 12.7.